The van der Waals surface area contributed by atoms with Gasteiger partial charge in [-0.05, 0) is 12.3 Å². The molecule has 2 aromatic heterocycles. The van der Waals surface area contributed by atoms with E-state index in [0.29, 0.717) is 12.5 Å². The first kappa shape index (κ1) is 12.4. The van der Waals surface area contributed by atoms with Crippen molar-refractivity contribution in [3.05, 3.63) is 17.3 Å². The van der Waals surface area contributed by atoms with Crippen LogP contribution in [-0.2, 0) is 6.54 Å². The van der Waals surface area contributed by atoms with E-state index < -0.39 is 0 Å². The molecule has 0 aromatic carbocycles. The molecule has 94 valence electrons. The predicted octanol–water partition coefficient (Wildman–Crippen LogP) is 2.34. The fourth-order valence-electron chi connectivity index (χ4n) is 1.87. The molecular weight excluding hydrogens is 232 g/mol. The lowest BCUT2D eigenvalue weighted by molar-refractivity contribution is 0.583. The van der Waals surface area contributed by atoms with Gasteiger partial charge >= 0.3 is 0 Å². The van der Waals surface area contributed by atoms with E-state index >= 15 is 0 Å². The summed E-state index contributed by atoms with van der Waals surface area (Å²) in [7, 11) is 2.09. The number of nitrogens with zero attached hydrogens (tertiary/aromatic N) is 3. The molecule has 2 heterocycles. The van der Waals surface area contributed by atoms with Crippen LogP contribution in [0, 0.1) is 5.92 Å². The summed E-state index contributed by atoms with van der Waals surface area (Å²) in [6.07, 6.45) is 3.21. The van der Waals surface area contributed by atoms with E-state index in [0.717, 1.165) is 23.0 Å². The van der Waals surface area contributed by atoms with Gasteiger partial charge < -0.3 is 10.6 Å². The molecule has 0 unspecified atom stereocenters. The quantitative estimate of drug-likeness (QED) is 0.888. The number of aromatic nitrogens is 2. The van der Waals surface area contributed by atoms with E-state index in [9.17, 15) is 0 Å². The highest BCUT2D eigenvalue weighted by Gasteiger charge is 2.15. The highest BCUT2D eigenvalue weighted by Crippen LogP contribution is 2.23. The van der Waals surface area contributed by atoms with E-state index in [4.69, 9.17) is 5.73 Å². The summed E-state index contributed by atoms with van der Waals surface area (Å²) >= 11 is 1.65. The van der Waals surface area contributed by atoms with Gasteiger partial charge in [-0.15, -0.1) is 11.3 Å². The van der Waals surface area contributed by atoms with Crippen LogP contribution in [0.5, 0.6) is 0 Å². The number of anilines is 1. The maximum absolute atomic E-state index is 5.83. The molecule has 0 aliphatic rings. The van der Waals surface area contributed by atoms with Gasteiger partial charge in [0.25, 0.3) is 0 Å². The number of imidazole rings is 1. The van der Waals surface area contributed by atoms with Crippen LogP contribution in [0.2, 0.25) is 0 Å². The molecule has 0 amide bonds. The maximum Gasteiger partial charge on any atom is 0.195 e. The lowest BCUT2D eigenvalue weighted by atomic mass is 10.1. The summed E-state index contributed by atoms with van der Waals surface area (Å²) in [5.74, 6) is 1.74. The number of hydrogen-bond donors (Lipinski definition) is 1. The smallest absolute Gasteiger partial charge is 0.195 e. The summed E-state index contributed by atoms with van der Waals surface area (Å²) in [6.45, 7) is 6.03. The molecule has 0 fully saturated rings. The summed E-state index contributed by atoms with van der Waals surface area (Å²) in [4.78, 5) is 7.88. The SMILES string of the molecule is CC(C)CCN(C)c1nc2sccn2c1CN. The average molecular weight is 252 g/mol. The highest BCUT2D eigenvalue weighted by atomic mass is 32.1. The highest BCUT2D eigenvalue weighted by molar-refractivity contribution is 7.15. The fraction of sp³-hybridized carbons (Fsp3) is 0.583. The van der Waals surface area contributed by atoms with E-state index in [1.807, 2.05) is 11.6 Å². The van der Waals surface area contributed by atoms with E-state index in [1.54, 1.807) is 11.3 Å². The monoisotopic (exact) mass is 252 g/mol. The Morgan fingerprint density at radius 3 is 2.94 bits per heavy atom. The van der Waals surface area contributed by atoms with Gasteiger partial charge in [0, 0.05) is 31.7 Å². The Labute approximate surface area is 106 Å². The Hall–Kier alpha value is -1.07. The number of thiazole rings is 1. The molecule has 5 heteroatoms. The molecule has 0 saturated heterocycles. The normalized spacial score (nSPS) is 11.6. The lowest BCUT2D eigenvalue weighted by Gasteiger charge is -2.19. The lowest BCUT2D eigenvalue weighted by Crippen LogP contribution is -2.22. The summed E-state index contributed by atoms with van der Waals surface area (Å²) < 4.78 is 2.09. The minimum Gasteiger partial charge on any atom is -0.358 e. The number of rotatable bonds is 5. The van der Waals surface area contributed by atoms with Crippen LogP contribution in [0.15, 0.2) is 11.6 Å². The second kappa shape index (κ2) is 5.06. The van der Waals surface area contributed by atoms with Crippen LogP contribution in [0.4, 0.5) is 5.82 Å². The van der Waals surface area contributed by atoms with Crippen molar-refractivity contribution in [2.24, 2.45) is 11.7 Å². The molecule has 0 atom stereocenters. The van der Waals surface area contributed by atoms with E-state index in [2.05, 4.69) is 35.2 Å². The summed E-state index contributed by atoms with van der Waals surface area (Å²) in [6, 6.07) is 0. The molecule has 0 radical (unpaired) electrons. The van der Waals surface area contributed by atoms with Crippen LogP contribution in [0.3, 0.4) is 0 Å². The van der Waals surface area contributed by atoms with Crippen molar-refractivity contribution in [3.8, 4) is 0 Å². The van der Waals surface area contributed by atoms with Gasteiger partial charge in [0.1, 0.15) is 0 Å². The molecule has 0 aliphatic carbocycles. The number of hydrogen-bond acceptors (Lipinski definition) is 4. The minimum atomic E-state index is 0.527. The molecule has 0 spiro atoms. The second-order valence-corrected chi connectivity index (χ2v) is 5.62. The zero-order chi connectivity index (χ0) is 12.4. The predicted molar refractivity (Wildman–Crippen MR) is 73.7 cm³/mol. The Morgan fingerprint density at radius 2 is 2.29 bits per heavy atom. The Bertz CT molecular complexity index is 486. The van der Waals surface area contributed by atoms with Crippen molar-refractivity contribution >= 4 is 22.1 Å². The molecule has 2 aromatic rings. The molecule has 0 saturated carbocycles. The standard InChI is InChI=1S/C12H20N4S/c1-9(2)4-5-15(3)11-10(8-13)16-6-7-17-12(16)14-11/h6-7,9H,4-5,8,13H2,1-3H3. The topological polar surface area (TPSA) is 46.6 Å². The Kier molecular flexibility index (Phi) is 3.69. The van der Waals surface area contributed by atoms with Gasteiger partial charge in [-0.25, -0.2) is 4.98 Å². The van der Waals surface area contributed by atoms with E-state index in [1.165, 1.54) is 6.42 Å². The average Bonchev–Trinajstić information content (AvgIpc) is 2.84. The van der Waals surface area contributed by atoms with Crippen molar-refractivity contribution in [2.45, 2.75) is 26.8 Å². The first-order valence-corrected chi connectivity index (χ1v) is 6.87. The molecule has 0 aliphatic heterocycles. The first-order valence-electron chi connectivity index (χ1n) is 5.99. The van der Waals surface area contributed by atoms with Crippen LogP contribution in [0.25, 0.3) is 4.96 Å². The largest absolute Gasteiger partial charge is 0.358 e. The molecular formula is C12H20N4S. The van der Waals surface area contributed by atoms with Gasteiger partial charge in [-0.2, -0.15) is 0 Å². The first-order chi connectivity index (χ1) is 8.13. The molecule has 0 bridgehead atoms. The van der Waals surface area contributed by atoms with Gasteiger partial charge in [-0.1, -0.05) is 13.8 Å². The third kappa shape index (κ3) is 2.45. The van der Waals surface area contributed by atoms with Crippen LogP contribution in [-0.4, -0.2) is 23.0 Å². The molecule has 4 nitrogen and oxygen atoms in total. The van der Waals surface area contributed by atoms with Crippen LogP contribution in [0.1, 0.15) is 26.0 Å². The minimum absolute atomic E-state index is 0.527. The van der Waals surface area contributed by atoms with Crippen molar-refractivity contribution in [3.63, 3.8) is 0 Å². The van der Waals surface area contributed by atoms with Crippen molar-refractivity contribution in [2.75, 3.05) is 18.5 Å². The third-order valence-corrected chi connectivity index (χ3v) is 3.69. The van der Waals surface area contributed by atoms with Gasteiger partial charge in [0.05, 0.1) is 5.69 Å². The van der Waals surface area contributed by atoms with Crippen LogP contribution < -0.4 is 10.6 Å². The fourth-order valence-corrected chi connectivity index (χ4v) is 2.60. The maximum atomic E-state index is 5.83. The van der Waals surface area contributed by atoms with Gasteiger partial charge in [0.15, 0.2) is 10.8 Å². The summed E-state index contributed by atoms with van der Waals surface area (Å²) in [5.41, 5.74) is 6.94. The van der Waals surface area contributed by atoms with Crippen molar-refractivity contribution in [1.29, 1.82) is 0 Å². The van der Waals surface area contributed by atoms with Crippen molar-refractivity contribution in [1.82, 2.24) is 9.38 Å². The zero-order valence-electron chi connectivity index (χ0n) is 10.7. The van der Waals surface area contributed by atoms with Crippen molar-refractivity contribution < 1.29 is 0 Å². The summed E-state index contributed by atoms with van der Waals surface area (Å²) in [5, 5.41) is 2.04. The molecule has 17 heavy (non-hydrogen) atoms. The molecule has 2 rings (SSSR count). The Balaban J connectivity index is 2.24. The third-order valence-electron chi connectivity index (χ3n) is 2.94. The zero-order valence-corrected chi connectivity index (χ0v) is 11.5. The van der Waals surface area contributed by atoms with Gasteiger partial charge in [0.2, 0.25) is 0 Å². The number of nitrogens with two attached hydrogens (primary N) is 1. The van der Waals surface area contributed by atoms with Gasteiger partial charge in [-0.3, -0.25) is 4.40 Å². The Morgan fingerprint density at radius 1 is 1.53 bits per heavy atom. The van der Waals surface area contributed by atoms with E-state index in [-0.39, 0.29) is 0 Å². The number of fused-ring (bicyclic) bond motifs is 1. The second-order valence-electron chi connectivity index (χ2n) is 4.75. The molecule has 2 N–H and O–H groups in total. The van der Waals surface area contributed by atoms with Crippen LogP contribution >= 0.6 is 11.3 Å².